The third kappa shape index (κ3) is 5.57. The minimum atomic E-state index is -4.06. The van der Waals surface area contributed by atoms with Crippen LogP contribution < -0.4 is 10.9 Å². The van der Waals surface area contributed by atoms with Gasteiger partial charge in [0.15, 0.2) is 0 Å². The highest BCUT2D eigenvalue weighted by molar-refractivity contribution is 9.10. The third-order valence-corrected chi connectivity index (χ3v) is 4.71. The number of sulfonamides is 1. The minimum Gasteiger partial charge on any atom is -0.460 e. The molecule has 25 heavy (non-hydrogen) atoms. The summed E-state index contributed by atoms with van der Waals surface area (Å²) >= 11 is 3.31. The van der Waals surface area contributed by atoms with Crippen molar-refractivity contribution in [3.05, 3.63) is 59.1 Å². The number of anilines is 1. The highest BCUT2D eigenvalue weighted by atomic mass is 79.9. The van der Waals surface area contributed by atoms with E-state index in [0.29, 0.717) is 5.69 Å². The molecule has 0 aliphatic rings. The standard InChI is InChI=1S/C16H16BrN3O4S/c1-2-24-16(21)15(19-18-13-10-8-12(17)9-11-13)20-25(22,23)14-6-4-3-5-7-14/h3-11,18H,2H2,1H3,(H,19,20). The number of nitrogens with zero attached hydrogens (tertiary/aromatic N) is 1. The van der Waals surface area contributed by atoms with Crippen LogP contribution in [0.4, 0.5) is 5.69 Å². The minimum absolute atomic E-state index is 0.0257. The van der Waals surface area contributed by atoms with Gasteiger partial charge in [0.25, 0.3) is 10.0 Å². The number of carbonyl (C=O) groups is 1. The van der Waals surface area contributed by atoms with Gasteiger partial charge in [-0.1, -0.05) is 34.1 Å². The van der Waals surface area contributed by atoms with Crippen molar-refractivity contribution in [2.75, 3.05) is 12.0 Å². The maximum atomic E-state index is 12.3. The van der Waals surface area contributed by atoms with Crippen molar-refractivity contribution in [1.29, 1.82) is 0 Å². The predicted octanol–water partition coefficient (Wildman–Crippen LogP) is 2.72. The van der Waals surface area contributed by atoms with Gasteiger partial charge in [-0.3, -0.25) is 10.9 Å². The monoisotopic (exact) mass is 425 g/mol. The first-order chi connectivity index (χ1) is 11.9. The van der Waals surface area contributed by atoms with Crippen LogP contribution >= 0.6 is 15.9 Å². The molecule has 0 atom stereocenters. The molecule has 0 saturated heterocycles. The van der Waals surface area contributed by atoms with Crippen LogP contribution in [0.5, 0.6) is 0 Å². The molecule has 0 aromatic heterocycles. The summed E-state index contributed by atoms with van der Waals surface area (Å²) in [5, 5.41) is 0. The lowest BCUT2D eigenvalue weighted by Crippen LogP contribution is -2.37. The normalized spacial score (nSPS) is 11.7. The molecule has 132 valence electrons. The van der Waals surface area contributed by atoms with Crippen LogP contribution in [0, 0.1) is 0 Å². The number of amidine groups is 1. The van der Waals surface area contributed by atoms with Crippen molar-refractivity contribution in [3.63, 3.8) is 0 Å². The van der Waals surface area contributed by atoms with Crippen LogP contribution in [-0.4, -0.2) is 26.8 Å². The molecule has 0 aliphatic carbocycles. The van der Waals surface area contributed by atoms with Gasteiger partial charge in [-0.05, 0) is 43.3 Å². The van der Waals surface area contributed by atoms with E-state index in [1.54, 1.807) is 49.4 Å². The Kier molecular flexibility index (Phi) is 6.54. The molecule has 2 aromatic carbocycles. The van der Waals surface area contributed by atoms with E-state index in [2.05, 4.69) is 31.2 Å². The molecule has 0 spiro atoms. The molecule has 0 amide bonds. The van der Waals surface area contributed by atoms with E-state index >= 15 is 0 Å². The van der Waals surface area contributed by atoms with Gasteiger partial charge < -0.3 is 4.74 Å². The second-order valence-electron chi connectivity index (χ2n) is 4.71. The lowest BCUT2D eigenvalue weighted by molar-refractivity contribution is -0.135. The summed E-state index contributed by atoms with van der Waals surface area (Å²) in [6, 6.07) is 14.6. The molecule has 0 unspecified atom stereocenters. The van der Waals surface area contributed by atoms with Crippen LogP contribution in [0.3, 0.4) is 0 Å². The van der Waals surface area contributed by atoms with Crippen molar-refractivity contribution >= 4 is 43.4 Å². The van der Waals surface area contributed by atoms with Crippen LogP contribution in [0.15, 0.2) is 68.4 Å². The number of hydrazine groups is 1. The Morgan fingerprint density at radius 3 is 2.36 bits per heavy atom. The number of benzene rings is 2. The van der Waals surface area contributed by atoms with E-state index in [9.17, 15) is 13.2 Å². The van der Waals surface area contributed by atoms with Crippen molar-refractivity contribution in [1.82, 2.24) is 5.43 Å². The number of hydrogen-bond donors (Lipinski definition) is 2. The molecular formula is C16H16BrN3O4S. The van der Waals surface area contributed by atoms with Crippen LogP contribution in [0.25, 0.3) is 0 Å². The zero-order valence-electron chi connectivity index (χ0n) is 13.3. The maximum absolute atomic E-state index is 12.3. The highest BCUT2D eigenvalue weighted by Gasteiger charge is 2.20. The molecule has 2 aromatic rings. The molecule has 0 radical (unpaired) electrons. The number of carbonyl (C=O) groups excluding carboxylic acids is 1. The third-order valence-electron chi connectivity index (χ3n) is 2.89. The van der Waals surface area contributed by atoms with Gasteiger partial charge in [-0.15, -0.1) is 4.40 Å². The lowest BCUT2D eigenvalue weighted by atomic mass is 10.3. The molecule has 2 rings (SSSR count). The van der Waals surface area contributed by atoms with Crippen LogP contribution in [-0.2, 0) is 19.6 Å². The van der Waals surface area contributed by atoms with E-state index in [1.807, 2.05) is 0 Å². The van der Waals surface area contributed by atoms with E-state index < -0.39 is 21.8 Å². The molecule has 0 aliphatic heterocycles. The Morgan fingerprint density at radius 1 is 1.12 bits per heavy atom. The number of hydrogen-bond acceptors (Lipinski definition) is 5. The van der Waals surface area contributed by atoms with E-state index in [0.717, 1.165) is 4.47 Å². The van der Waals surface area contributed by atoms with Gasteiger partial charge in [0, 0.05) is 4.47 Å². The van der Waals surface area contributed by atoms with Gasteiger partial charge in [-0.2, -0.15) is 8.42 Å². The molecule has 0 saturated carbocycles. The summed E-state index contributed by atoms with van der Waals surface area (Å²) in [5.74, 6) is -1.35. The maximum Gasteiger partial charge on any atom is 0.376 e. The molecule has 2 N–H and O–H groups in total. The Bertz CT molecular complexity index is 853. The van der Waals surface area contributed by atoms with Crippen molar-refractivity contribution < 1.29 is 17.9 Å². The van der Waals surface area contributed by atoms with Gasteiger partial charge in [-0.25, -0.2) is 4.79 Å². The topological polar surface area (TPSA) is 96.9 Å². The van der Waals surface area contributed by atoms with E-state index in [1.165, 1.54) is 12.1 Å². The summed E-state index contributed by atoms with van der Waals surface area (Å²) < 4.78 is 34.0. The highest BCUT2D eigenvalue weighted by Crippen LogP contribution is 2.14. The van der Waals surface area contributed by atoms with Crippen LogP contribution in [0.2, 0.25) is 0 Å². The number of nitrogens with one attached hydrogen (secondary N) is 2. The SMILES string of the molecule is CCOC(=O)C(=NS(=O)(=O)c1ccccc1)NNc1ccc(Br)cc1. The van der Waals surface area contributed by atoms with Gasteiger partial charge >= 0.3 is 5.97 Å². The molecule has 9 heteroatoms. The second kappa shape index (κ2) is 8.63. The number of halogens is 1. The smallest absolute Gasteiger partial charge is 0.376 e. The van der Waals surface area contributed by atoms with E-state index in [4.69, 9.17) is 4.74 Å². The lowest BCUT2D eigenvalue weighted by Gasteiger charge is -2.11. The zero-order valence-corrected chi connectivity index (χ0v) is 15.7. The average Bonchev–Trinajstić information content (AvgIpc) is 2.61. The van der Waals surface area contributed by atoms with E-state index in [-0.39, 0.29) is 11.5 Å². The van der Waals surface area contributed by atoms with Crippen LogP contribution in [0.1, 0.15) is 6.92 Å². The first-order valence-corrected chi connectivity index (χ1v) is 9.50. The Balaban J connectivity index is 2.26. The Labute approximate surface area is 154 Å². The molecule has 7 nitrogen and oxygen atoms in total. The molecule has 0 heterocycles. The summed E-state index contributed by atoms with van der Waals surface area (Å²) in [4.78, 5) is 12.0. The summed E-state index contributed by atoms with van der Waals surface area (Å²) in [7, 11) is -4.06. The number of ether oxygens (including phenoxy) is 1. The predicted molar refractivity (Wildman–Crippen MR) is 98.6 cm³/mol. The molecule has 0 fully saturated rings. The fraction of sp³-hybridized carbons (Fsp3) is 0.125. The zero-order chi connectivity index (χ0) is 18.3. The summed E-state index contributed by atoms with van der Waals surface area (Å²) in [5.41, 5.74) is 5.82. The average molecular weight is 426 g/mol. The second-order valence-corrected chi connectivity index (χ2v) is 7.23. The van der Waals surface area contributed by atoms with Crippen molar-refractivity contribution in [3.8, 4) is 0 Å². The van der Waals surface area contributed by atoms with Crippen molar-refractivity contribution in [2.24, 2.45) is 4.40 Å². The summed E-state index contributed by atoms with van der Waals surface area (Å²) in [6.07, 6.45) is 0. The first-order valence-electron chi connectivity index (χ1n) is 7.27. The van der Waals surface area contributed by atoms with Gasteiger partial charge in [0.2, 0.25) is 5.84 Å². The number of rotatable bonds is 5. The fourth-order valence-electron chi connectivity index (χ4n) is 1.74. The van der Waals surface area contributed by atoms with Crippen molar-refractivity contribution in [2.45, 2.75) is 11.8 Å². The summed E-state index contributed by atoms with van der Waals surface area (Å²) in [6.45, 7) is 1.70. The Hall–Kier alpha value is -2.39. The number of esters is 1. The molecular weight excluding hydrogens is 410 g/mol. The van der Waals surface area contributed by atoms with Gasteiger partial charge in [0.05, 0.1) is 17.2 Å². The first kappa shape index (κ1) is 18.9. The molecule has 0 bridgehead atoms. The Morgan fingerprint density at radius 2 is 1.76 bits per heavy atom. The fourth-order valence-corrected chi connectivity index (χ4v) is 2.97. The largest absolute Gasteiger partial charge is 0.460 e. The quantitative estimate of drug-likeness (QED) is 0.330. The van der Waals surface area contributed by atoms with Gasteiger partial charge in [0.1, 0.15) is 0 Å².